The van der Waals surface area contributed by atoms with Gasteiger partial charge >= 0.3 is 0 Å². The summed E-state index contributed by atoms with van der Waals surface area (Å²) in [5.41, 5.74) is 1.19. The van der Waals surface area contributed by atoms with Crippen LogP contribution < -0.4 is 5.56 Å². The number of aromatic nitrogens is 1. The predicted molar refractivity (Wildman–Crippen MR) is 49.1 cm³/mol. The first-order valence-corrected chi connectivity index (χ1v) is 4.02. The van der Waals surface area contributed by atoms with Crippen molar-refractivity contribution in [2.75, 3.05) is 0 Å². The zero-order valence-electron chi connectivity index (χ0n) is 5.89. The average molecular weight is 249 g/mol. The third kappa shape index (κ3) is 1.39. The molecule has 0 aliphatic carbocycles. The maximum atomic E-state index is 11.1. The van der Waals surface area contributed by atoms with E-state index in [2.05, 4.69) is 0 Å². The molecule has 0 unspecified atom stereocenters. The van der Waals surface area contributed by atoms with Crippen molar-refractivity contribution < 1.29 is 0 Å². The van der Waals surface area contributed by atoms with Crippen LogP contribution in [-0.2, 0) is 7.05 Å². The Morgan fingerprint density at radius 2 is 2.20 bits per heavy atom. The van der Waals surface area contributed by atoms with Gasteiger partial charge in [-0.25, -0.2) is 0 Å². The summed E-state index contributed by atoms with van der Waals surface area (Å²) in [6.45, 7) is 1.97. The Bertz CT molecular complexity index is 277. The molecule has 54 valence electrons. The lowest BCUT2D eigenvalue weighted by Crippen LogP contribution is -2.18. The standard InChI is InChI=1S/C7H8INO/c1-5-3-6(8)7(10)9(2)4-5/h3-4H,1-2H3. The highest BCUT2D eigenvalue weighted by Gasteiger charge is 1.96. The molecule has 0 bridgehead atoms. The van der Waals surface area contributed by atoms with Gasteiger partial charge in [0.1, 0.15) is 0 Å². The second-order valence-corrected chi connectivity index (χ2v) is 3.44. The van der Waals surface area contributed by atoms with E-state index in [9.17, 15) is 4.79 Å². The van der Waals surface area contributed by atoms with E-state index in [1.807, 2.05) is 41.8 Å². The maximum absolute atomic E-state index is 11.1. The number of aryl methyl sites for hydroxylation is 2. The molecule has 0 spiro atoms. The molecule has 0 saturated carbocycles. The Balaban J connectivity index is 3.46. The lowest BCUT2D eigenvalue weighted by Gasteiger charge is -1.98. The fourth-order valence-electron chi connectivity index (χ4n) is 0.831. The number of pyridine rings is 1. The number of halogens is 1. The van der Waals surface area contributed by atoms with Crippen molar-refractivity contribution >= 4 is 22.6 Å². The minimum Gasteiger partial charge on any atom is -0.317 e. The van der Waals surface area contributed by atoms with Crippen LogP contribution in [-0.4, -0.2) is 4.57 Å². The SMILES string of the molecule is Cc1cc(I)c(=O)n(C)c1. The normalized spacial score (nSPS) is 9.90. The Labute approximate surface area is 73.0 Å². The van der Waals surface area contributed by atoms with Crippen molar-refractivity contribution in [2.24, 2.45) is 7.05 Å². The van der Waals surface area contributed by atoms with Crippen LogP contribution >= 0.6 is 22.6 Å². The second kappa shape index (κ2) is 2.74. The van der Waals surface area contributed by atoms with Crippen molar-refractivity contribution in [3.05, 3.63) is 31.8 Å². The van der Waals surface area contributed by atoms with Crippen molar-refractivity contribution in [1.82, 2.24) is 4.57 Å². The lowest BCUT2D eigenvalue weighted by molar-refractivity contribution is 0.844. The molecule has 0 N–H and O–H groups in total. The number of hydrogen-bond donors (Lipinski definition) is 0. The largest absolute Gasteiger partial charge is 0.317 e. The molecule has 0 aliphatic rings. The highest BCUT2D eigenvalue weighted by Crippen LogP contribution is 1.99. The fourth-order valence-corrected chi connectivity index (χ4v) is 1.70. The van der Waals surface area contributed by atoms with Gasteiger partial charge in [0.05, 0.1) is 3.57 Å². The Morgan fingerprint density at radius 1 is 1.60 bits per heavy atom. The van der Waals surface area contributed by atoms with Crippen molar-refractivity contribution in [3.63, 3.8) is 0 Å². The van der Waals surface area contributed by atoms with Gasteiger partial charge in [0.25, 0.3) is 5.56 Å². The molecule has 1 heterocycles. The van der Waals surface area contributed by atoms with E-state index >= 15 is 0 Å². The van der Waals surface area contributed by atoms with Crippen LogP contribution in [0.4, 0.5) is 0 Å². The first-order chi connectivity index (χ1) is 4.61. The quantitative estimate of drug-likeness (QED) is 0.635. The van der Waals surface area contributed by atoms with Gasteiger partial charge in [-0.3, -0.25) is 4.79 Å². The minimum absolute atomic E-state index is 0.0752. The Morgan fingerprint density at radius 3 is 2.70 bits per heavy atom. The van der Waals surface area contributed by atoms with Crippen LogP contribution in [0.5, 0.6) is 0 Å². The summed E-state index contributed by atoms with van der Waals surface area (Å²) in [5.74, 6) is 0. The molecule has 0 saturated heterocycles. The highest BCUT2D eigenvalue weighted by atomic mass is 127. The summed E-state index contributed by atoms with van der Waals surface area (Å²) in [7, 11) is 1.76. The van der Waals surface area contributed by atoms with E-state index in [1.165, 1.54) is 0 Å². The highest BCUT2D eigenvalue weighted by molar-refractivity contribution is 14.1. The maximum Gasteiger partial charge on any atom is 0.263 e. The monoisotopic (exact) mass is 249 g/mol. The van der Waals surface area contributed by atoms with Crippen LogP contribution in [0, 0.1) is 10.5 Å². The summed E-state index contributed by atoms with van der Waals surface area (Å²) in [5, 5.41) is 0. The zero-order chi connectivity index (χ0) is 7.72. The molecule has 0 fully saturated rings. The molecule has 1 aromatic rings. The van der Waals surface area contributed by atoms with Gasteiger partial charge in [0.15, 0.2) is 0 Å². The summed E-state index contributed by atoms with van der Waals surface area (Å²) in [6, 6.07) is 1.88. The summed E-state index contributed by atoms with van der Waals surface area (Å²) in [6.07, 6.45) is 1.82. The van der Waals surface area contributed by atoms with Crippen molar-refractivity contribution in [3.8, 4) is 0 Å². The number of rotatable bonds is 0. The Kier molecular flexibility index (Phi) is 2.13. The van der Waals surface area contributed by atoms with Crippen LogP contribution in [0.1, 0.15) is 5.56 Å². The van der Waals surface area contributed by atoms with Gasteiger partial charge in [-0.05, 0) is 41.1 Å². The summed E-state index contributed by atoms with van der Waals surface area (Å²) in [4.78, 5) is 11.1. The van der Waals surface area contributed by atoms with E-state index in [0.29, 0.717) is 0 Å². The Hall–Kier alpha value is -0.320. The third-order valence-electron chi connectivity index (χ3n) is 1.28. The van der Waals surface area contributed by atoms with Crippen LogP contribution in [0.3, 0.4) is 0 Å². The van der Waals surface area contributed by atoms with Crippen LogP contribution in [0.25, 0.3) is 0 Å². The van der Waals surface area contributed by atoms with Gasteiger partial charge in [-0.2, -0.15) is 0 Å². The van der Waals surface area contributed by atoms with Gasteiger partial charge in [-0.1, -0.05) is 0 Å². The van der Waals surface area contributed by atoms with Crippen molar-refractivity contribution in [1.29, 1.82) is 0 Å². The van der Waals surface area contributed by atoms with E-state index in [1.54, 1.807) is 11.6 Å². The first-order valence-electron chi connectivity index (χ1n) is 2.94. The molecule has 3 heteroatoms. The molecular formula is C7H8INO. The molecule has 10 heavy (non-hydrogen) atoms. The number of hydrogen-bond acceptors (Lipinski definition) is 1. The minimum atomic E-state index is 0.0752. The van der Waals surface area contributed by atoms with E-state index < -0.39 is 0 Å². The van der Waals surface area contributed by atoms with Gasteiger partial charge in [-0.15, -0.1) is 0 Å². The number of nitrogens with zero attached hydrogens (tertiary/aromatic N) is 1. The average Bonchev–Trinajstić information content (AvgIpc) is 1.82. The lowest BCUT2D eigenvalue weighted by atomic mass is 10.3. The first kappa shape index (κ1) is 7.78. The summed E-state index contributed by atoms with van der Waals surface area (Å²) < 4.78 is 2.37. The van der Waals surface area contributed by atoms with E-state index in [0.717, 1.165) is 9.13 Å². The second-order valence-electron chi connectivity index (χ2n) is 2.28. The van der Waals surface area contributed by atoms with Crippen LogP contribution in [0.2, 0.25) is 0 Å². The molecule has 1 rings (SSSR count). The van der Waals surface area contributed by atoms with E-state index in [-0.39, 0.29) is 5.56 Å². The van der Waals surface area contributed by atoms with Crippen LogP contribution in [0.15, 0.2) is 17.1 Å². The predicted octanol–water partition coefficient (Wildman–Crippen LogP) is 1.30. The van der Waals surface area contributed by atoms with Gasteiger partial charge < -0.3 is 4.57 Å². The molecule has 0 radical (unpaired) electrons. The molecule has 0 aliphatic heterocycles. The molecule has 0 aromatic carbocycles. The molecule has 0 atom stereocenters. The van der Waals surface area contributed by atoms with E-state index in [4.69, 9.17) is 0 Å². The topological polar surface area (TPSA) is 22.0 Å². The molecular weight excluding hydrogens is 241 g/mol. The third-order valence-corrected chi connectivity index (χ3v) is 2.05. The van der Waals surface area contributed by atoms with Gasteiger partial charge in [0, 0.05) is 13.2 Å². The molecule has 2 nitrogen and oxygen atoms in total. The molecule has 1 aromatic heterocycles. The fraction of sp³-hybridized carbons (Fsp3) is 0.286. The van der Waals surface area contributed by atoms with Gasteiger partial charge in [0.2, 0.25) is 0 Å². The van der Waals surface area contributed by atoms with Crippen molar-refractivity contribution in [2.45, 2.75) is 6.92 Å². The summed E-state index contributed by atoms with van der Waals surface area (Å²) >= 11 is 2.04. The molecule has 0 amide bonds. The zero-order valence-corrected chi connectivity index (χ0v) is 8.05. The smallest absolute Gasteiger partial charge is 0.263 e.